The van der Waals surface area contributed by atoms with Gasteiger partial charge in [0.1, 0.15) is 12.1 Å². The molecule has 1 atom stereocenters. The molecular formula is C14H14BrN3. The maximum Gasteiger partial charge on any atom is 0.144 e. The highest BCUT2D eigenvalue weighted by Crippen LogP contribution is 2.33. The monoisotopic (exact) mass is 303 g/mol. The molecule has 18 heavy (non-hydrogen) atoms. The Kier molecular flexibility index (Phi) is 3.28. The summed E-state index contributed by atoms with van der Waals surface area (Å²) in [7, 11) is 0. The van der Waals surface area contributed by atoms with E-state index in [0.717, 1.165) is 16.7 Å². The van der Waals surface area contributed by atoms with Crippen LogP contribution in [0.2, 0.25) is 0 Å². The van der Waals surface area contributed by atoms with E-state index in [0.29, 0.717) is 6.04 Å². The molecule has 1 N–H and O–H groups in total. The summed E-state index contributed by atoms with van der Waals surface area (Å²) in [5.41, 5.74) is 2.85. The molecule has 2 aromatic rings. The number of nitrogens with zero attached hydrogens (tertiary/aromatic N) is 2. The molecule has 4 heteroatoms. The number of aromatic nitrogens is 2. The Hall–Kier alpha value is -1.42. The highest BCUT2D eigenvalue weighted by molar-refractivity contribution is 9.10. The van der Waals surface area contributed by atoms with Gasteiger partial charge in [0.05, 0.1) is 10.5 Å². The molecule has 92 valence electrons. The number of rotatable bonds is 2. The Morgan fingerprint density at radius 2 is 2.17 bits per heavy atom. The van der Waals surface area contributed by atoms with Crippen molar-refractivity contribution in [2.75, 3.05) is 5.32 Å². The van der Waals surface area contributed by atoms with Gasteiger partial charge in [-0.1, -0.05) is 24.3 Å². The molecule has 0 amide bonds. The molecule has 1 aliphatic rings. The molecular weight excluding hydrogens is 290 g/mol. The molecule has 1 heterocycles. The van der Waals surface area contributed by atoms with E-state index >= 15 is 0 Å². The maximum atomic E-state index is 4.28. The molecule has 1 aromatic carbocycles. The van der Waals surface area contributed by atoms with Crippen molar-refractivity contribution in [1.29, 1.82) is 0 Å². The van der Waals surface area contributed by atoms with Crippen molar-refractivity contribution in [3.05, 3.63) is 52.4 Å². The van der Waals surface area contributed by atoms with Crippen LogP contribution < -0.4 is 5.32 Å². The van der Waals surface area contributed by atoms with Gasteiger partial charge in [-0.15, -0.1) is 0 Å². The van der Waals surface area contributed by atoms with Crippen LogP contribution in [-0.2, 0) is 6.42 Å². The Balaban J connectivity index is 1.89. The van der Waals surface area contributed by atoms with E-state index in [1.54, 1.807) is 12.5 Å². The lowest BCUT2D eigenvalue weighted by Crippen LogP contribution is -2.18. The predicted octanol–water partition coefficient (Wildman–Crippen LogP) is 3.73. The molecule has 3 nitrogen and oxygen atoms in total. The SMILES string of the molecule is Brc1cncnc1NC1CCCc2ccccc21. The van der Waals surface area contributed by atoms with Crippen molar-refractivity contribution < 1.29 is 0 Å². The van der Waals surface area contributed by atoms with Gasteiger partial charge in [0, 0.05) is 6.20 Å². The Morgan fingerprint density at radius 3 is 3.06 bits per heavy atom. The van der Waals surface area contributed by atoms with Crippen molar-refractivity contribution in [3.63, 3.8) is 0 Å². The Morgan fingerprint density at radius 1 is 1.28 bits per heavy atom. The molecule has 0 saturated carbocycles. The molecule has 1 aromatic heterocycles. The summed E-state index contributed by atoms with van der Waals surface area (Å²) in [4.78, 5) is 8.26. The zero-order valence-corrected chi connectivity index (χ0v) is 11.5. The van der Waals surface area contributed by atoms with Crippen molar-refractivity contribution in [2.24, 2.45) is 0 Å². The summed E-state index contributed by atoms with van der Waals surface area (Å²) < 4.78 is 0.910. The van der Waals surface area contributed by atoms with E-state index in [9.17, 15) is 0 Å². The zero-order chi connectivity index (χ0) is 12.4. The minimum atomic E-state index is 0.348. The molecule has 0 saturated heterocycles. The summed E-state index contributed by atoms with van der Waals surface area (Å²) in [5, 5.41) is 3.51. The lowest BCUT2D eigenvalue weighted by atomic mass is 9.88. The first-order valence-corrected chi connectivity index (χ1v) is 6.94. The van der Waals surface area contributed by atoms with Crippen LogP contribution in [0.1, 0.15) is 30.0 Å². The number of halogens is 1. The highest BCUT2D eigenvalue weighted by atomic mass is 79.9. The molecule has 0 aliphatic heterocycles. The number of hydrogen-bond acceptors (Lipinski definition) is 3. The predicted molar refractivity (Wildman–Crippen MR) is 75.5 cm³/mol. The van der Waals surface area contributed by atoms with Crippen LogP contribution in [0.4, 0.5) is 5.82 Å². The first-order valence-electron chi connectivity index (χ1n) is 6.14. The largest absolute Gasteiger partial charge is 0.362 e. The molecule has 0 fully saturated rings. The minimum Gasteiger partial charge on any atom is -0.362 e. The molecule has 0 bridgehead atoms. The minimum absolute atomic E-state index is 0.348. The third-order valence-electron chi connectivity index (χ3n) is 3.35. The van der Waals surface area contributed by atoms with Gasteiger partial charge in [-0.3, -0.25) is 0 Å². The summed E-state index contributed by atoms with van der Waals surface area (Å²) in [6, 6.07) is 9.00. The smallest absolute Gasteiger partial charge is 0.144 e. The second kappa shape index (κ2) is 5.06. The van der Waals surface area contributed by atoms with E-state index in [1.807, 2.05) is 0 Å². The van der Waals surface area contributed by atoms with Crippen LogP contribution in [-0.4, -0.2) is 9.97 Å². The van der Waals surface area contributed by atoms with Gasteiger partial charge in [-0.2, -0.15) is 0 Å². The molecule has 0 spiro atoms. The van der Waals surface area contributed by atoms with Gasteiger partial charge < -0.3 is 5.32 Å². The van der Waals surface area contributed by atoms with Crippen LogP contribution >= 0.6 is 15.9 Å². The van der Waals surface area contributed by atoms with Gasteiger partial charge >= 0.3 is 0 Å². The summed E-state index contributed by atoms with van der Waals surface area (Å²) >= 11 is 3.48. The molecule has 0 radical (unpaired) electrons. The fraction of sp³-hybridized carbons (Fsp3) is 0.286. The number of nitrogens with one attached hydrogen (secondary N) is 1. The summed E-state index contributed by atoms with van der Waals surface area (Å²) in [5.74, 6) is 0.867. The van der Waals surface area contributed by atoms with Crippen molar-refractivity contribution in [1.82, 2.24) is 9.97 Å². The first-order chi connectivity index (χ1) is 8.84. The van der Waals surface area contributed by atoms with Crippen LogP contribution in [0.5, 0.6) is 0 Å². The molecule has 1 aliphatic carbocycles. The lowest BCUT2D eigenvalue weighted by molar-refractivity contribution is 0.598. The quantitative estimate of drug-likeness (QED) is 0.918. The standard InChI is InChI=1S/C14H14BrN3/c15-12-8-16-9-17-14(12)18-13-7-3-5-10-4-1-2-6-11(10)13/h1-2,4,6,8-9,13H,3,5,7H2,(H,16,17,18). The van der Waals surface area contributed by atoms with Gasteiger partial charge in [-0.05, 0) is 46.3 Å². The topological polar surface area (TPSA) is 37.8 Å². The second-order valence-corrected chi connectivity index (χ2v) is 5.36. The van der Waals surface area contributed by atoms with E-state index < -0.39 is 0 Å². The van der Waals surface area contributed by atoms with E-state index in [4.69, 9.17) is 0 Å². The van der Waals surface area contributed by atoms with Gasteiger partial charge in [0.25, 0.3) is 0 Å². The van der Waals surface area contributed by atoms with Crippen molar-refractivity contribution in [3.8, 4) is 0 Å². The highest BCUT2D eigenvalue weighted by Gasteiger charge is 2.20. The number of fused-ring (bicyclic) bond motifs is 1. The molecule has 3 rings (SSSR count). The molecule has 1 unspecified atom stereocenters. The second-order valence-electron chi connectivity index (χ2n) is 4.51. The average Bonchev–Trinajstić information content (AvgIpc) is 2.42. The van der Waals surface area contributed by atoms with E-state index in [1.165, 1.54) is 24.0 Å². The summed E-state index contributed by atoms with van der Waals surface area (Å²) in [6.45, 7) is 0. The third-order valence-corrected chi connectivity index (χ3v) is 3.93. The first kappa shape index (κ1) is 11.7. The number of aryl methyl sites for hydroxylation is 1. The van der Waals surface area contributed by atoms with Gasteiger partial charge in [0.2, 0.25) is 0 Å². The third kappa shape index (κ3) is 2.25. The van der Waals surface area contributed by atoms with Crippen LogP contribution in [0.25, 0.3) is 0 Å². The van der Waals surface area contributed by atoms with Crippen molar-refractivity contribution >= 4 is 21.7 Å². The number of hydrogen-bond donors (Lipinski definition) is 1. The van der Waals surface area contributed by atoms with Gasteiger partial charge in [-0.25, -0.2) is 9.97 Å². The number of benzene rings is 1. The Labute approximate surface area is 115 Å². The average molecular weight is 304 g/mol. The number of anilines is 1. The lowest BCUT2D eigenvalue weighted by Gasteiger charge is -2.27. The fourth-order valence-corrected chi connectivity index (χ4v) is 2.82. The zero-order valence-electron chi connectivity index (χ0n) is 9.94. The fourth-order valence-electron chi connectivity index (χ4n) is 2.49. The van der Waals surface area contributed by atoms with E-state index in [-0.39, 0.29) is 0 Å². The normalized spacial score (nSPS) is 18.2. The van der Waals surface area contributed by atoms with Crippen LogP contribution in [0, 0.1) is 0 Å². The maximum absolute atomic E-state index is 4.28. The van der Waals surface area contributed by atoms with Crippen LogP contribution in [0.15, 0.2) is 41.3 Å². The van der Waals surface area contributed by atoms with E-state index in [2.05, 4.69) is 55.5 Å². The van der Waals surface area contributed by atoms with Crippen molar-refractivity contribution in [2.45, 2.75) is 25.3 Å². The van der Waals surface area contributed by atoms with Crippen LogP contribution in [0.3, 0.4) is 0 Å². The summed E-state index contributed by atoms with van der Waals surface area (Å²) in [6.07, 6.45) is 6.88. The van der Waals surface area contributed by atoms with Gasteiger partial charge in [0.15, 0.2) is 0 Å². The Bertz CT molecular complexity index is 556.